The number of benzene rings is 3. The van der Waals surface area contributed by atoms with E-state index in [0.29, 0.717) is 23.3 Å². The van der Waals surface area contributed by atoms with E-state index in [1.807, 2.05) is 6.07 Å². The summed E-state index contributed by atoms with van der Waals surface area (Å²) in [5, 5.41) is 0. The van der Waals surface area contributed by atoms with E-state index >= 15 is 0 Å². The van der Waals surface area contributed by atoms with Crippen LogP contribution in [0.1, 0.15) is 25.3 Å². The van der Waals surface area contributed by atoms with Gasteiger partial charge in [0.1, 0.15) is 5.82 Å². The summed E-state index contributed by atoms with van der Waals surface area (Å²) in [7, 11) is 0. The lowest BCUT2D eigenvalue weighted by Gasteiger charge is -2.27. The molecule has 0 saturated carbocycles. The standard InChI is InChI=1S/C28H27F3O3/c1-3-22-11-12-23(17-34-22)33-16-21-10-9-20(15-25(21)29)18-5-7-19(8-6-18)24-13-14-26(32-4-2)28(31)27(24)30/h3,5-10,13-15,22-23H,1,4,11-12,16-17H2,2H3. The van der Waals surface area contributed by atoms with Crippen LogP contribution in [0.4, 0.5) is 13.2 Å². The smallest absolute Gasteiger partial charge is 0.201 e. The number of ether oxygens (including phenoxy) is 3. The second kappa shape index (κ2) is 10.9. The summed E-state index contributed by atoms with van der Waals surface area (Å²) < 4.78 is 60.0. The van der Waals surface area contributed by atoms with Crippen molar-refractivity contribution in [1.29, 1.82) is 0 Å². The molecule has 4 rings (SSSR count). The SMILES string of the molecule is C=CC1CCC(OCc2ccc(-c3ccc(-c4ccc(OCC)c(F)c4F)cc3)cc2F)CO1. The minimum Gasteiger partial charge on any atom is -0.491 e. The lowest BCUT2D eigenvalue weighted by Crippen LogP contribution is -2.30. The summed E-state index contributed by atoms with van der Waals surface area (Å²) in [6.45, 7) is 6.33. The van der Waals surface area contributed by atoms with Crippen molar-refractivity contribution in [2.45, 2.75) is 38.6 Å². The maximum atomic E-state index is 14.7. The van der Waals surface area contributed by atoms with Gasteiger partial charge in [0, 0.05) is 11.1 Å². The molecule has 1 fully saturated rings. The lowest BCUT2D eigenvalue weighted by atomic mass is 9.99. The van der Waals surface area contributed by atoms with Crippen molar-refractivity contribution in [2.24, 2.45) is 0 Å². The van der Waals surface area contributed by atoms with E-state index in [2.05, 4.69) is 6.58 Å². The van der Waals surface area contributed by atoms with Gasteiger partial charge in [0.25, 0.3) is 0 Å². The Hall–Kier alpha value is -3.09. The molecule has 3 nitrogen and oxygen atoms in total. The number of hydrogen-bond acceptors (Lipinski definition) is 3. The van der Waals surface area contributed by atoms with Crippen LogP contribution in [0.3, 0.4) is 0 Å². The fourth-order valence-electron chi connectivity index (χ4n) is 3.98. The zero-order valence-electron chi connectivity index (χ0n) is 19.0. The summed E-state index contributed by atoms with van der Waals surface area (Å²) in [5.74, 6) is -2.44. The van der Waals surface area contributed by atoms with Gasteiger partial charge in [-0.1, -0.05) is 42.5 Å². The quantitative estimate of drug-likeness (QED) is 0.331. The van der Waals surface area contributed by atoms with Crippen LogP contribution in [0.15, 0.2) is 67.3 Å². The second-order valence-corrected chi connectivity index (χ2v) is 8.17. The minimum absolute atomic E-state index is 0.0596. The summed E-state index contributed by atoms with van der Waals surface area (Å²) in [4.78, 5) is 0. The molecule has 1 aliphatic rings. The molecule has 2 unspecified atom stereocenters. The molecule has 3 aromatic rings. The Labute approximate surface area is 197 Å². The van der Waals surface area contributed by atoms with Crippen molar-refractivity contribution in [3.8, 4) is 28.0 Å². The third-order valence-electron chi connectivity index (χ3n) is 5.94. The molecular weight excluding hydrogens is 441 g/mol. The van der Waals surface area contributed by atoms with E-state index < -0.39 is 11.6 Å². The van der Waals surface area contributed by atoms with Crippen molar-refractivity contribution >= 4 is 0 Å². The van der Waals surface area contributed by atoms with E-state index in [1.165, 1.54) is 18.2 Å². The first-order chi connectivity index (χ1) is 16.5. The minimum atomic E-state index is -1.01. The third kappa shape index (κ3) is 5.34. The molecule has 1 heterocycles. The summed E-state index contributed by atoms with van der Waals surface area (Å²) in [6, 6.07) is 14.8. The first-order valence-electron chi connectivity index (χ1n) is 11.4. The molecule has 0 aliphatic carbocycles. The van der Waals surface area contributed by atoms with Crippen molar-refractivity contribution in [3.63, 3.8) is 0 Å². The zero-order chi connectivity index (χ0) is 24.1. The predicted molar refractivity (Wildman–Crippen MR) is 126 cm³/mol. The largest absolute Gasteiger partial charge is 0.491 e. The Morgan fingerprint density at radius 1 is 0.941 bits per heavy atom. The topological polar surface area (TPSA) is 27.7 Å². The number of rotatable bonds is 8. The molecule has 0 amide bonds. The molecular formula is C28H27F3O3. The Bertz CT molecular complexity index is 1140. The molecule has 0 N–H and O–H groups in total. The normalized spacial score (nSPS) is 18.0. The predicted octanol–water partition coefficient (Wildman–Crippen LogP) is 7.09. The van der Waals surface area contributed by atoms with Crippen LogP contribution >= 0.6 is 0 Å². The molecule has 0 radical (unpaired) electrons. The van der Waals surface area contributed by atoms with Crippen LogP contribution in [-0.2, 0) is 16.1 Å². The molecule has 0 bridgehead atoms. The monoisotopic (exact) mass is 468 g/mol. The molecule has 0 spiro atoms. The van der Waals surface area contributed by atoms with Gasteiger partial charge in [-0.25, -0.2) is 8.78 Å². The van der Waals surface area contributed by atoms with Crippen LogP contribution in [-0.4, -0.2) is 25.4 Å². The van der Waals surface area contributed by atoms with Gasteiger partial charge >= 0.3 is 0 Å². The van der Waals surface area contributed by atoms with Gasteiger partial charge in [0.15, 0.2) is 11.6 Å². The molecule has 1 aliphatic heterocycles. The van der Waals surface area contributed by atoms with Gasteiger partial charge in [-0.3, -0.25) is 0 Å². The van der Waals surface area contributed by atoms with E-state index in [9.17, 15) is 13.2 Å². The maximum absolute atomic E-state index is 14.7. The van der Waals surface area contributed by atoms with Crippen molar-refractivity contribution in [2.75, 3.05) is 13.2 Å². The average Bonchev–Trinajstić information content (AvgIpc) is 2.87. The lowest BCUT2D eigenvalue weighted by molar-refractivity contribution is -0.0774. The van der Waals surface area contributed by atoms with Crippen LogP contribution < -0.4 is 4.74 Å². The fourth-order valence-corrected chi connectivity index (χ4v) is 3.98. The van der Waals surface area contributed by atoms with E-state index in [-0.39, 0.29) is 42.6 Å². The van der Waals surface area contributed by atoms with Gasteiger partial charge in [-0.15, -0.1) is 6.58 Å². The van der Waals surface area contributed by atoms with E-state index in [4.69, 9.17) is 14.2 Å². The number of hydrogen-bond donors (Lipinski definition) is 0. The van der Waals surface area contributed by atoms with E-state index in [0.717, 1.165) is 18.4 Å². The molecule has 6 heteroatoms. The average molecular weight is 469 g/mol. The maximum Gasteiger partial charge on any atom is 0.201 e. The van der Waals surface area contributed by atoms with Gasteiger partial charge in [-0.2, -0.15) is 4.39 Å². The number of halogens is 3. The first-order valence-corrected chi connectivity index (χ1v) is 11.4. The highest BCUT2D eigenvalue weighted by molar-refractivity contribution is 5.71. The summed E-state index contributed by atoms with van der Waals surface area (Å²) in [6.07, 6.45) is 3.48. The van der Waals surface area contributed by atoms with Crippen LogP contribution in [0.2, 0.25) is 0 Å². The Morgan fingerprint density at radius 2 is 1.68 bits per heavy atom. The van der Waals surface area contributed by atoms with Gasteiger partial charge in [0.05, 0.1) is 32.0 Å². The molecule has 3 aromatic carbocycles. The molecule has 0 aromatic heterocycles. The van der Waals surface area contributed by atoms with E-state index in [1.54, 1.807) is 43.3 Å². The van der Waals surface area contributed by atoms with Gasteiger partial charge < -0.3 is 14.2 Å². The summed E-state index contributed by atoms with van der Waals surface area (Å²) >= 11 is 0. The molecule has 178 valence electrons. The first kappa shape index (κ1) is 24.0. The highest BCUT2D eigenvalue weighted by Crippen LogP contribution is 2.32. The third-order valence-corrected chi connectivity index (χ3v) is 5.94. The van der Waals surface area contributed by atoms with Gasteiger partial charge in [0.2, 0.25) is 5.82 Å². The second-order valence-electron chi connectivity index (χ2n) is 8.17. The van der Waals surface area contributed by atoms with Crippen LogP contribution in [0, 0.1) is 17.5 Å². The van der Waals surface area contributed by atoms with Crippen LogP contribution in [0.5, 0.6) is 5.75 Å². The summed E-state index contributed by atoms with van der Waals surface area (Å²) in [5.41, 5.74) is 2.57. The van der Waals surface area contributed by atoms with Gasteiger partial charge in [-0.05, 0) is 54.7 Å². The Balaban J connectivity index is 1.43. The van der Waals surface area contributed by atoms with Crippen molar-refractivity contribution in [1.82, 2.24) is 0 Å². The van der Waals surface area contributed by atoms with Crippen molar-refractivity contribution in [3.05, 3.63) is 90.3 Å². The highest BCUT2D eigenvalue weighted by atomic mass is 19.2. The molecule has 34 heavy (non-hydrogen) atoms. The molecule has 2 atom stereocenters. The Kier molecular flexibility index (Phi) is 7.70. The van der Waals surface area contributed by atoms with Crippen molar-refractivity contribution < 1.29 is 27.4 Å². The fraction of sp³-hybridized carbons (Fsp3) is 0.286. The van der Waals surface area contributed by atoms with Crippen LogP contribution in [0.25, 0.3) is 22.3 Å². The zero-order valence-corrected chi connectivity index (χ0v) is 19.0. The highest BCUT2D eigenvalue weighted by Gasteiger charge is 2.21. The Morgan fingerprint density at radius 3 is 2.32 bits per heavy atom. The molecule has 1 saturated heterocycles.